The molecular formula is C41H39N. The van der Waals surface area contributed by atoms with Gasteiger partial charge in [-0.2, -0.15) is 0 Å². The van der Waals surface area contributed by atoms with Crippen LogP contribution in [0.2, 0.25) is 0 Å². The minimum absolute atomic E-state index is 0.429. The van der Waals surface area contributed by atoms with Gasteiger partial charge in [0, 0.05) is 17.1 Å². The Kier molecular flexibility index (Phi) is 9.65. The second kappa shape index (κ2) is 14.1. The third-order valence-electron chi connectivity index (χ3n) is 7.76. The van der Waals surface area contributed by atoms with Gasteiger partial charge in [-0.05, 0) is 79.8 Å². The van der Waals surface area contributed by atoms with Crippen LogP contribution in [-0.2, 0) is 5.41 Å². The predicted molar refractivity (Wildman–Crippen MR) is 181 cm³/mol. The maximum atomic E-state index is 2.33. The standard InChI is InChI=1S/C41H39N/c1-3-5-27-38(20-4-2)42(39-28-18-11-19-29-39)40-32-30-37(31-33-40)41(35-23-14-9-15-24-35,36-25-16-10-17-26-36)34-21-12-7-6-8-13-22-34/h3-12,14-21,23-33H,13,22H2,1-2H3/b5-3-,8-6-,12-7-,20-4-,34-21+,38-27+. The van der Waals surface area contributed by atoms with Gasteiger partial charge < -0.3 is 4.90 Å². The number of benzene rings is 4. The van der Waals surface area contributed by atoms with Crippen molar-refractivity contribution in [3.05, 3.63) is 204 Å². The molecule has 0 aromatic heterocycles. The highest BCUT2D eigenvalue weighted by Gasteiger charge is 2.39. The average molecular weight is 546 g/mol. The van der Waals surface area contributed by atoms with E-state index >= 15 is 0 Å². The Bertz CT molecular complexity index is 1560. The van der Waals surface area contributed by atoms with Crippen LogP contribution >= 0.6 is 0 Å². The second-order valence-electron chi connectivity index (χ2n) is 10.4. The Labute approximate surface area is 251 Å². The molecule has 0 saturated carbocycles. The van der Waals surface area contributed by atoms with Crippen LogP contribution in [0, 0.1) is 0 Å². The van der Waals surface area contributed by atoms with Crippen molar-refractivity contribution < 1.29 is 0 Å². The summed E-state index contributed by atoms with van der Waals surface area (Å²) in [5, 5.41) is 0. The molecule has 42 heavy (non-hydrogen) atoms. The van der Waals surface area contributed by atoms with Gasteiger partial charge in [0.1, 0.15) is 0 Å². The van der Waals surface area contributed by atoms with Crippen LogP contribution in [0.15, 0.2) is 187 Å². The molecule has 0 N–H and O–H groups in total. The number of para-hydroxylation sites is 1. The van der Waals surface area contributed by atoms with Crippen LogP contribution in [0.1, 0.15) is 43.4 Å². The molecule has 5 rings (SSSR count). The van der Waals surface area contributed by atoms with Gasteiger partial charge >= 0.3 is 0 Å². The first kappa shape index (κ1) is 28.6. The summed E-state index contributed by atoms with van der Waals surface area (Å²) in [5.41, 5.74) is 8.10. The molecule has 1 aliphatic rings. The van der Waals surface area contributed by atoms with E-state index in [2.05, 4.69) is 188 Å². The summed E-state index contributed by atoms with van der Waals surface area (Å²) >= 11 is 0. The van der Waals surface area contributed by atoms with E-state index in [1.807, 2.05) is 6.92 Å². The number of hydrogen-bond acceptors (Lipinski definition) is 1. The SMILES string of the molecule is C\C=C/C=C(\C=C/C)N(c1ccccc1)c1ccc(C(/C2=C/C=C\C=C/CC2)(c2ccccc2)c2ccccc2)cc1. The number of anilines is 2. The zero-order chi connectivity index (χ0) is 29.0. The van der Waals surface area contributed by atoms with E-state index in [0.717, 1.165) is 29.9 Å². The molecule has 4 aromatic carbocycles. The molecule has 0 radical (unpaired) electrons. The highest BCUT2D eigenvalue weighted by Crippen LogP contribution is 2.47. The maximum Gasteiger partial charge on any atom is 0.0664 e. The van der Waals surface area contributed by atoms with Crippen molar-refractivity contribution in [2.24, 2.45) is 0 Å². The highest BCUT2D eigenvalue weighted by atomic mass is 15.1. The Morgan fingerprint density at radius 2 is 1.19 bits per heavy atom. The average Bonchev–Trinajstić information content (AvgIpc) is 3.03. The van der Waals surface area contributed by atoms with Gasteiger partial charge in [-0.25, -0.2) is 0 Å². The van der Waals surface area contributed by atoms with E-state index in [1.165, 1.54) is 22.3 Å². The number of nitrogens with zero attached hydrogens (tertiary/aromatic N) is 1. The summed E-state index contributed by atoms with van der Waals surface area (Å²) < 4.78 is 0. The summed E-state index contributed by atoms with van der Waals surface area (Å²) in [6.45, 7) is 4.11. The Hall–Kier alpha value is -4.88. The van der Waals surface area contributed by atoms with Crippen molar-refractivity contribution in [2.45, 2.75) is 32.1 Å². The summed E-state index contributed by atoms with van der Waals surface area (Å²) in [6, 6.07) is 41.8. The minimum atomic E-state index is -0.429. The van der Waals surface area contributed by atoms with Gasteiger partial charge in [0.25, 0.3) is 0 Å². The zero-order valence-corrected chi connectivity index (χ0v) is 24.6. The molecule has 1 heteroatoms. The van der Waals surface area contributed by atoms with E-state index in [9.17, 15) is 0 Å². The summed E-state index contributed by atoms with van der Waals surface area (Å²) in [4.78, 5) is 2.32. The molecule has 208 valence electrons. The van der Waals surface area contributed by atoms with Crippen LogP contribution in [0.25, 0.3) is 0 Å². The van der Waals surface area contributed by atoms with Gasteiger partial charge in [-0.15, -0.1) is 0 Å². The first-order valence-corrected chi connectivity index (χ1v) is 14.8. The summed E-state index contributed by atoms with van der Waals surface area (Å²) in [7, 11) is 0. The van der Waals surface area contributed by atoms with Crippen molar-refractivity contribution in [1.29, 1.82) is 0 Å². The fraction of sp³-hybridized carbons (Fsp3) is 0.122. The lowest BCUT2D eigenvalue weighted by Gasteiger charge is -2.39. The molecule has 0 unspecified atom stereocenters. The molecule has 1 nitrogen and oxygen atoms in total. The van der Waals surface area contributed by atoms with Crippen LogP contribution in [0.4, 0.5) is 11.4 Å². The zero-order valence-electron chi connectivity index (χ0n) is 24.6. The predicted octanol–water partition coefficient (Wildman–Crippen LogP) is 11.0. The minimum Gasteiger partial charge on any atom is -0.311 e. The summed E-state index contributed by atoms with van der Waals surface area (Å²) in [6.07, 6.45) is 23.6. The number of rotatable bonds is 9. The molecule has 0 atom stereocenters. The van der Waals surface area contributed by atoms with Crippen LogP contribution in [0.5, 0.6) is 0 Å². The Balaban J connectivity index is 1.74. The second-order valence-corrected chi connectivity index (χ2v) is 10.4. The molecule has 0 aliphatic heterocycles. The van der Waals surface area contributed by atoms with Crippen molar-refractivity contribution in [3.8, 4) is 0 Å². The van der Waals surface area contributed by atoms with E-state index < -0.39 is 5.41 Å². The maximum absolute atomic E-state index is 2.33. The van der Waals surface area contributed by atoms with Gasteiger partial charge in [-0.1, -0.05) is 145 Å². The van der Waals surface area contributed by atoms with Crippen molar-refractivity contribution in [1.82, 2.24) is 0 Å². The van der Waals surface area contributed by atoms with Crippen molar-refractivity contribution in [2.75, 3.05) is 4.90 Å². The number of hydrogen-bond donors (Lipinski definition) is 0. The molecule has 0 fully saturated rings. The third-order valence-corrected chi connectivity index (χ3v) is 7.76. The van der Waals surface area contributed by atoms with E-state index in [4.69, 9.17) is 0 Å². The normalized spacial score (nSPS) is 16.9. The molecule has 0 amide bonds. The van der Waals surface area contributed by atoms with E-state index in [1.54, 1.807) is 0 Å². The largest absolute Gasteiger partial charge is 0.311 e. The smallest absolute Gasteiger partial charge is 0.0664 e. The molecule has 1 aliphatic carbocycles. The topological polar surface area (TPSA) is 3.24 Å². The lowest BCUT2D eigenvalue weighted by Crippen LogP contribution is -2.32. The molecule has 0 heterocycles. The molecule has 0 spiro atoms. The first-order valence-electron chi connectivity index (χ1n) is 14.8. The van der Waals surface area contributed by atoms with Gasteiger partial charge in [0.2, 0.25) is 0 Å². The molecule has 4 aromatic rings. The van der Waals surface area contributed by atoms with Gasteiger partial charge in [0.05, 0.1) is 5.41 Å². The lowest BCUT2D eigenvalue weighted by atomic mass is 9.63. The fourth-order valence-corrected chi connectivity index (χ4v) is 5.93. The highest BCUT2D eigenvalue weighted by molar-refractivity contribution is 5.71. The van der Waals surface area contributed by atoms with Crippen molar-refractivity contribution in [3.63, 3.8) is 0 Å². The van der Waals surface area contributed by atoms with Crippen LogP contribution in [0.3, 0.4) is 0 Å². The molecule has 0 saturated heterocycles. The Morgan fingerprint density at radius 3 is 1.79 bits per heavy atom. The third kappa shape index (κ3) is 6.06. The molecular weight excluding hydrogens is 506 g/mol. The monoisotopic (exact) mass is 545 g/mol. The lowest BCUT2D eigenvalue weighted by molar-refractivity contribution is 0.680. The fourth-order valence-electron chi connectivity index (χ4n) is 5.93. The van der Waals surface area contributed by atoms with E-state index in [-0.39, 0.29) is 0 Å². The Morgan fingerprint density at radius 1 is 0.619 bits per heavy atom. The summed E-state index contributed by atoms with van der Waals surface area (Å²) in [5.74, 6) is 0. The van der Waals surface area contributed by atoms with Crippen LogP contribution < -0.4 is 4.90 Å². The van der Waals surface area contributed by atoms with Crippen molar-refractivity contribution >= 4 is 11.4 Å². The number of allylic oxidation sites excluding steroid dienone is 11. The van der Waals surface area contributed by atoms with Gasteiger partial charge in [0.15, 0.2) is 0 Å². The quantitative estimate of drug-likeness (QED) is 0.149. The molecule has 0 bridgehead atoms. The van der Waals surface area contributed by atoms with Crippen LogP contribution in [-0.4, -0.2) is 0 Å². The first-order chi connectivity index (χ1) is 20.8. The van der Waals surface area contributed by atoms with E-state index in [0.29, 0.717) is 0 Å². The van der Waals surface area contributed by atoms with Gasteiger partial charge in [-0.3, -0.25) is 0 Å².